The molecule has 0 radical (unpaired) electrons. The summed E-state index contributed by atoms with van der Waals surface area (Å²) < 4.78 is 9.67. The number of hydrogen-bond donors (Lipinski definition) is 1. The van der Waals surface area contributed by atoms with Gasteiger partial charge in [-0.15, -0.1) is 0 Å². The highest BCUT2D eigenvalue weighted by molar-refractivity contribution is 5.88. The van der Waals surface area contributed by atoms with E-state index >= 15 is 0 Å². The van der Waals surface area contributed by atoms with Crippen molar-refractivity contribution in [2.24, 2.45) is 0 Å². The molecule has 1 atom stereocenters. The number of esters is 1. The maximum atomic E-state index is 11.5. The average Bonchev–Trinajstić information content (AvgIpc) is 2.44. The van der Waals surface area contributed by atoms with Crippen LogP contribution in [0, 0.1) is 11.8 Å². The first-order valence-electron chi connectivity index (χ1n) is 6.27. The van der Waals surface area contributed by atoms with Gasteiger partial charge in [0, 0.05) is 5.92 Å². The number of benzene rings is 1. The first kappa shape index (κ1) is 15.6. The van der Waals surface area contributed by atoms with Crippen molar-refractivity contribution in [3.8, 4) is 11.8 Å². The molecule has 0 fully saturated rings. The normalized spacial score (nSPS) is 10.7. The van der Waals surface area contributed by atoms with Gasteiger partial charge >= 0.3 is 12.1 Å². The van der Waals surface area contributed by atoms with Gasteiger partial charge in [-0.3, -0.25) is 0 Å². The Hall–Kier alpha value is -2.48. The van der Waals surface area contributed by atoms with E-state index in [1.165, 1.54) is 0 Å². The van der Waals surface area contributed by atoms with Gasteiger partial charge in [0.15, 0.2) is 0 Å². The largest absolute Gasteiger partial charge is 0.456 e. The van der Waals surface area contributed by atoms with Crippen molar-refractivity contribution in [1.29, 1.82) is 0 Å². The molecule has 0 heterocycles. The Balaban J connectivity index is 2.33. The first-order valence-corrected chi connectivity index (χ1v) is 6.27. The molecular weight excluding hydrogens is 258 g/mol. The predicted octanol–water partition coefficient (Wildman–Crippen LogP) is 1.87. The molecule has 0 saturated carbocycles. The van der Waals surface area contributed by atoms with E-state index < -0.39 is 18.1 Å². The maximum absolute atomic E-state index is 11.5. The molecule has 0 bridgehead atoms. The lowest BCUT2D eigenvalue weighted by atomic mass is 10.2. The number of hydrogen-bond acceptors (Lipinski definition) is 4. The van der Waals surface area contributed by atoms with Crippen molar-refractivity contribution in [2.45, 2.75) is 26.5 Å². The molecule has 1 aromatic rings. The van der Waals surface area contributed by atoms with E-state index in [4.69, 9.17) is 4.74 Å². The lowest BCUT2D eigenvalue weighted by Gasteiger charge is -2.08. The number of carbonyl (C=O) groups is 2. The number of ether oxygens (including phenoxy) is 2. The molecule has 106 valence electrons. The zero-order chi connectivity index (χ0) is 14.8. The van der Waals surface area contributed by atoms with Crippen LogP contribution in [0.15, 0.2) is 30.3 Å². The molecule has 0 aliphatic carbocycles. The lowest BCUT2D eigenvalue weighted by molar-refractivity contribution is -0.136. The highest BCUT2D eigenvalue weighted by Crippen LogP contribution is 2.00. The number of amides is 1. The zero-order valence-electron chi connectivity index (χ0n) is 11.5. The van der Waals surface area contributed by atoms with Crippen molar-refractivity contribution in [3.63, 3.8) is 0 Å². The molecule has 0 spiro atoms. The Morgan fingerprint density at radius 2 is 1.95 bits per heavy atom. The highest BCUT2D eigenvalue weighted by atomic mass is 16.5. The van der Waals surface area contributed by atoms with Gasteiger partial charge in [0.25, 0.3) is 0 Å². The molecule has 5 heteroatoms. The van der Waals surface area contributed by atoms with E-state index in [0.717, 1.165) is 5.56 Å². The summed E-state index contributed by atoms with van der Waals surface area (Å²) in [6, 6.07) is 8.84. The Bertz CT molecular complexity index is 502. The fraction of sp³-hybridized carbons (Fsp3) is 0.333. The second-order valence-electron chi connectivity index (χ2n) is 3.92. The molecular formula is C15H17NO4. The maximum Gasteiger partial charge on any atom is 0.408 e. The van der Waals surface area contributed by atoms with Crippen LogP contribution in [-0.2, 0) is 20.9 Å². The molecule has 1 amide bonds. The van der Waals surface area contributed by atoms with Crippen molar-refractivity contribution in [1.82, 2.24) is 5.32 Å². The van der Waals surface area contributed by atoms with Gasteiger partial charge < -0.3 is 14.8 Å². The number of alkyl carbamates (subject to hydrolysis) is 1. The number of nitrogens with one attached hydrogen (secondary N) is 1. The van der Waals surface area contributed by atoms with Crippen LogP contribution in [0.25, 0.3) is 0 Å². The molecule has 5 nitrogen and oxygen atoms in total. The summed E-state index contributed by atoms with van der Waals surface area (Å²) in [5, 5.41) is 2.51. The Kier molecular flexibility index (Phi) is 6.69. The summed E-state index contributed by atoms with van der Waals surface area (Å²) in [7, 11) is 0. The Morgan fingerprint density at radius 1 is 1.25 bits per heavy atom. The molecule has 0 saturated heterocycles. The van der Waals surface area contributed by atoms with Gasteiger partial charge in [-0.1, -0.05) is 36.3 Å². The molecule has 1 unspecified atom stereocenters. The summed E-state index contributed by atoms with van der Waals surface area (Å²) in [5.41, 5.74) is 0.896. The Labute approximate surface area is 118 Å². The van der Waals surface area contributed by atoms with Crippen molar-refractivity contribution in [2.75, 3.05) is 6.61 Å². The summed E-state index contributed by atoms with van der Waals surface area (Å²) in [6.45, 7) is 3.80. The van der Waals surface area contributed by atoms with E-state index in [9.17, 15) is 9.59 Å². The molecule has 0 aliphatic rings. The molecule has 0 aromatic heterocycles. The van der Waals surface area contributed by atoms with E-state index in [-0.39, 0.29) is 13.2 Å². The first-order chi connectivity index (χ1) is 9.61. The fourth-order valence-corrected chi connectivity index (χ4v) is 1.31. The van der Waals surface area contributed by atoms with Crippen LogP contribution in [-0.4, -0.2) is 24.7 Å². The highest BCUT2D eigenvalue weighted by Gasteiger charge is 2.06. The van der Waals surface area contributed by atoms with Crippen LogP contribution in [0.5, 0.6) is 0 Å². The van der Waals surface area contributed by atoms with Crippen LogP contribution in [0.1, 0.15) is 19.4 Å². The molecule has 0 aliphatic heterocycles. The minimum Gasteiger partial charge on any atom is -0.456 e. The average molecular weight is 275 g/mol. The van der Waals surface area contributed by atoms with Crippen molar-refractivity contribution >= 4 is 12.1 Å². The van der Waals surface area contributed by atoms with Gasteiger partial charge in [0.05, 0.1) is 12.6 Å². The quantitative estimate of drug-likeness (QED) is 0.517. The van der Waals surface area contributed by atoms with E-state index in [0.29, 0.717) is 0 Å². The third kappa shape index (κ3) is 6.45. The third-order valence-corrected chi connectivity index (χ3v) is 2.21. The molecule has 1 N–H and O–H groups in total. The number of carbonyl (C=O) groups excluding carboxylic acids is 2. The van der Waals surface area contributed by atoms with Crippen molar-refractivity contribution in [3.05, 3.63) is 35.9 Å². The SMILES string of the molecule is CCOC(=O)C#CC(C)NC(=O)OCc1ccccc1. The minimum atomic E-state index is -0.612. The van der Waals surface area contributed by atoms with Gasteiger partial charge in [-0.2, -0.15) is 0 Å². The van der Waals surface area contributed by atoms with Gasteiger partial charge in [-0.25, -0.2) is 9.59 Å². The van der Waals surface area contributed by atoms with Gasteiger partial charge in [0.1, 0.15) is 6.61 Å². The predicted molar refractivity (Wildman–Crippen MR) is 73.6 cm³/mol. The van der Waals surface area contributed by atoms with E-state index in [1.54, 1.807) is 13.8 Å². The van der Waals surface area contributed by atoms with Crippen LogP contribution in [0.3, 0.4) is 0 Å². The summed E-state index contributed by atoms with van der Waals surface area (Å²) in [5.74, 6) is 4.23. The van der Waals surface area contributed by atoms with Gasteiger partial charge in [-0.05, 0) is 19.4 Å². The zero-order valence-corrected chi connectivity index (χ0v) is 11.5. The van der Waals surface area contributed by atoms with E-state index in [1.807, 2.05) is 30.3 Å². The summed E-state index contributed by atoms with van der Waals surface area (Å²) in [6.07, 6.45) is -0.584. The lowest BCUT2D eigenvalue weighted by Crippen LogP contribution is -2.32. The standard InChI is InChI=1S/C15H17NO4/c1-3-19-14(17)10-9-12(2)16-15(18)20-11-13-7-5-4-6-8-13/h4-8,12H,3,11H2,1-2H3,(H,16,18). The van der Waals surface area contributed by atoms with Crippen LogP contribution < -0.4 is 5.32 Å². The van der Waals surface area contributed by atoms with Gasteiger partial charge in [0.2, 0.25) is 0 Å². The Morgan fingerprint density at radius 3 is 2.60 bits per heavy atom. The molecule has 1 rings (SSSR count). The number of rotatable bonds is 4. The minimum absolute atomic E-state index is 0.185. The van der Waals surface area contributed by atoms with Crippen LogP contribution in [0.4, 0.5) is 4.79 Å². The van der Waals surface area contributed by atoms with E-state index in [2.05, 4.69) is 21.9 Å². The summed E-state index contributed by atoms with van der Waals surface area (Å²) >= 11 is 0. The second kappa shape index (κ2) is 8.59. The second-order valence-corrected chi connectivity index (χ2v) is 3.92. The fourth-order valence-electron chi connectivity index (χ4n) is 1.31. The van der Waals surface area contributed by atoms with Crippen molar-refractivity contribution < 1.29 is 19.1 Å². The molecule has 20 heavy (non-hydrogen) atoms. The smallest absolute Gasteiger partial charge is 0.408 e. The van der Waals surface area contributed by atoms with Crippen LogP contribution in [0.2, 0.25) is 0 Å². The molecule has 1 aromatic carbocycles. The third-order valence-electron chi connectivity index (χ3n) is 2.21. The summed E-state index contributed by atoms with van der Waals surface area (Å²) in [4.78, 5) is 22.5. The topological polar surface area (TPSA) is 64.6 Å². The van der Waals surface area contributed by atoms with Crippen LogP contribution >= 0.6 is 0 Å². The monoisotopic (exact) mass is 275 g/mol.